The number of hydrogen-bond acceptors (Lipinski definition) is 4. The minimum atomic E-state index is -0.592. The maximum absolute atomic E-state index is 12.0. The molecule has 0 spiro atoms. The van der Waals surface area contributed by atoms with Gasteiger partial charge in [-0.25, -0.2) is 4.79 Å². The Kier molecular flexibility index (Phi) is 5.38. The molecule has 0 radical (unpaired) electrons. The molecular weight excluding hydrogens is 282 g/mol. The Morgan fingerprint density at radius 3 is 2.73 bits per heavy atom. The number of amides is 2. The zero-order valence-corrected chi connectivity index (χ0v) is 13.3. The van der Waals surface area contributed by atoms with Gasteiger partial charge < -0.3 is 15.0 Å². The molecule has 1 atom stereocenters. The minimum absolute atomic E-state index is 0.0454. The van der Waals surface area contributed by atoms with Gasteiger partial charge in [0, 0.05) is 26.2 Å². The first kappa shape index (κ1) is 16.3. The highest BCUT2D eigenvalue weighted by Crippen LogP contribution is 2.22. The molecule has 120 valence electrons. The lowest BCUT2D eigenvalue weighted by atomic mass is 9.94. The highest BCUT2D eigenvalue weighted by atomic mass is 16.5. The van der Waals surface area contributed by atoms with Crippen LogP contribution in [-0.4, -0.2) is 62.1 Å². The molecule has 0 saturated carbocycles. The van der Waals surface area contributed by atoms with E-state index in [-0.39, 0.29) is 18.5 Å². The van der Waals surface area contributed by atoms with Crippen molar-refractivity contribution in [2.45, 2.75) is 19.0 Å². The quantitative estimate of drug-likeness (QED) is 0.896. The fourth-order valence-electron chi connectivity index (χ4n) is 2.70. The van der Waals surface area contributed by atoms with Gasteiger partial charge >= 0.3 is 6.09 Å². The largest absolute Gasteiger partial charge is 0.453 e. The second-order valence-corrected chi connectivity index (χ2v) is 5.66. The molecule has 2 rings (SSSR count). The van der Waals surface area contributed by atoms with Crippen molar-refractivity contribution in [3.05, 3.63) is 35.4 Å². The van der Waals surface area contributed by atoms with Gasteiger partial charge in [0.05, 0.1) is 7.11 Å². The smallest absolute Gasteiger partial charge is 0.407 e. The standard InChI is InChI=1S/C16H23N3O3/c1-18-10-13-7-5-4-6-12(13)8-14(18)11-19(2)15(20)9-17-16(21)22-3/h4-7,14H,8-11H2,1-3H3,(H,17,21)/t14-/m1/s1. The molecule has 0 bridgehead atoms. The summed E-state index contributed by atoms with van der Waals surface area (Å²) in [4.78, 5) is 27.0. The molecule has 1 aromatic carbocycles. The van der Waals surface area contributed by atoms with E-state index < -0.39 is 6.09 Å². The summed E-state index contributed by atoms with van der Waals surface area (Å²) >= 11 is 0. The van der Waals surface area contributed by atoms with Crippen LogP contribution in [0.2, 0.25) is 0 Å². The third kappa shape index (κ3) is 3.98. The first-order valence-corrected chi connectivity index (χ1v) is 7.34. The third-order valence-electron chi connectivity index (χ3n) is 4.10. The fourth-order valence-corrected chi connectivity index (χ4v) is 2.70. The maximum Gasteiger partial charge on any atom is 0.407 e. The molecule has 0 unspecified atom stereocenters. The first-order chi connectivity index (χ1) is 10.5. The maximum atomic E-state index is 12.0. The lowest BCUT2D eigenvalue weighted by Gasteiger charge is -2.36. The summed E-state index contributed by atoms with van der Waals surface area (Å²) in [6, 6.07) is 8.69. The second-order valence-electron chi connectivity index (χ2n) is 5.66. The summed E-state index contributed by atoms with van der Waals surface area (Å²) in [5, 5.41) is 2.41. The molecule has 1 heterocycles. The van der Waals surface area contributed by atoms with Crippen LogP contribution in [0.5, 0.6) is 0 Å². The van der Waals surface area contributed by atoms with Crippen LogP contribution in [0.15, 0.2) is 24.3 Å². The first-order valence-electron chi connectivity index (χ1n) is 7.34. The van der Waals surface area contributed by atoms with E-state index in [0.717, 1.165) is 13.0 Å². The van der Waals surface area contributed by atoms with Crippen molar-refractivity contribution in [1.29, 1.82) is 0 Å². The van der Waals surface area contributed by atoms with Gasteiger partial charge in [-0.1, -0.05) is 24.3 Å². The number of alkyl carbamates (subject to hydrolysis) is 1. The Morgan fingerprint density at radius 2 is 2.05 bits per heavy atom. The molecule has 0 fully saturated rings. The van der Waals surface area contributed by atoms with E-state index in [4.69, 9.17) is 0 Å². The van der Waals surface area contributed by atoms with Crippen molar-refractivity contribution in [1.82, 2.24) is 15.1 Å². The second kappa shape index (κ2) is 7.26. The highest BCUT2D eigenvalue weighted by Gasteiger charge is 2.25. The number of fused-ring (bicyclic) bond motifs is 1. The molecular formula is C16H23N3O3. The van der Waals surface area contributed by atoms with Crippen molar-refractivity contribution >= 4 is 12.0 Å². The molecule has 0 saturated heterocycles. The normalized spacial score (nSPS) is 17.5. The van der Waals surface area contributed by atoms with Crippen LogP contribution in [0.3, 0.4) is 0 Å². The molecule has 6 nitrogen and oxygen atoms in total. The molecule has 1 N–H and O–H groups in total. The Hall–Kier alpha value is -2.08. The summed E-state index contributed by atoms with van der Waals surface area (Å²) in [5.41, 5.74) is 2.70. The summed E-state index contributed by atoms with van der Waals surface area (Å²) in [7, 11) is 5.11. The van der Waals surface area contributed by atoms with Crippen molar-refractivity contribution in [2.24, 2.45) is 0 Å². The summed E-state index contributed by atoms with van der Waals surface area (Å²) < 4.78 is 4.46. The molecule has 1 aliphatic heterocycles. The van der Waals surface area contributed by atoms with Crippen LogP contribution in [0.1, 0.15) is 11.1 Å². The van der Waals surface area contributed by atoms with Crippen molar-refractivity contribution in [3.63, 3.8) is 0 Å². The topological polar surface area (TPSA) is 61.9 Å². The number of benzene rings is 1. The van der Waals surface area contributed by atoms with E-state index >= 15 is 0 Å². The van der Waals surface area contributed by atoms with Gasteiger partial charge in [0.15, 0.2) is 0 Å². The van der Waals surface area contributed by atoms with Crippen LogP contribution < -0.4 is 5.32 Å². The number of carbonyl (C=O) groups excluding carboxylic acids is 2. The number of hydrogen-bond donors (Lipinski definition) is 1. The van der Waals surface area contributed by atoms with Gasteiger partial charge in [0.25, 0.3) is 0 Å². The molecule has 2 amide bonds. The highest BCUT2D eigenvalue weighted by molar-refractivity contribution is 5.82. The minimum Gasteiger partial charge on any atom is -0.453 e. The van der Waals surface area contributed by atoms with Crippen LogP contribution in [0.25, 0.3) is 0 Å². The average molecular weight is 305 g/mol. The lowest BCUT2D eigenvalue weighted by molar-refractivity contribution is -0.129. The summed E-state index contributed by atoms with van der Waals surface area (Å²) in [6.07, 6.45) is 0.333. The van der Waals surface area contributed by atoms with Crippen LogP contribution >= 0.6 is 0 Å². The zero-order valence-electron chi connectivity index (χ0n) is 13.3. The monoisotopic (exact) mass is 305 g/mol. The van der Waals surface area contributed by atoms with Gasteiger partial charge in [-0.3, -0.25) is 9.69 Å². The Bertz CT molecular complexity index is 547. The zero-order chi connectivity index (χ0) is 16.1. The Labute approximate surface area is 131 Å². The van der Waals surface area contributed by atoms with Crippen molar-refractivity contribution in [2.75, 3.05) is 34.3 Å². The number of likely N-dealkylation sites (N-methyl/N-ethyl adjacent to an activating group) is 2. The SMILES string of the molecule is COC(=O)NCC(=O)N(C)C[C@H]1Cc2ccccc2CN1C. The summed E-state index contributed by atoms with van der Waals surface area (Å²) in [6.45, 7) is 1.48. The third-order valence-corrected chi connectivity index (χ3v) is 4.10. The van der Waals surface area contributed by atoms with Gasteiger partial charge in [-0.05, 0) is 24.6 Å². The number of carbonyl (C=O) groups is 2. The number of nitrogens with zero attached hydrogens (tertiary/aromatic N) is 2. The van der Waals surface area contributed by atoms with Crippen molar-refractivity contribution in [3.8, 4) is 0 Å². The predicted octanol–water partition coefficient (Wildman–Crippen LogP) is 0.857. The fraction of sp³-hybridized carbons (Fsp3) is 0.500. The van der Waals surface area contributed by atoms with Gasteiger partial charge in [-0.2, -0.15) is 0 Å². The van der Waals surface area contributed by atoms with E-state index in [2.05, 4.69) is 46.3 Å². The van der Waals surface area contributed by atoms with Gasteiger partial charge in [-0.15, -0.1) is 0 Å². The van der Waals surface area contributed by atoms with E-state index in [9.17, 15) is 9.59 Å². The molecule has 0 aliphatic carbocycles. The van der Waals surface area contributed by atoms with Crippen LogP contribution in [-0.2, 0) is 22.5 Å². The van der Waals surface area contributed by atoms with E-state index in [1.165, 1.54) is 18.2 Å². The average Bonchev–Trinajstić information content (AvgIpc) is 2.52. The number of methoxy groups -OCH3 is 1. The van der Waals surface area contributed by atoms with E-state index in [0.29, 0.717) is 6.54 Å². The predicted molar refractivity (Wildman–Crippen MR) is 83.4 cm³/mol. The molecule has 1 aromatic rings. The van der Waals surface area contributed by atoms with Crippen LogP contribution in [0.4, 0.5) is 4.79 Å². The molecule has 22 heavy (non-hydrogen) atoms. The molecule has 6 heteroatoms. The number of nitrogens with one attached hydrogen (secondary N) is 1. The Balaban J connectivity index is 1.90. The van der Waals surface area contributed by atoms with Crippen molar-refractivity contribution < 1.29 is 14.3 Å². The Morgan fingerprint density at radius 1 is 1.36 bits per heavy atom. The van der Waals surface area contributed by atoms with Crippen LogP contribution in [0, 0.1) is 0 Å². The molecule has 1 aliphatic rings. The van der Waals surface area contributed by atoms with Gasteiger partial charge in [0.1, 0.15) is 6.54 Å². The number of rotatable bonds is 4. The molecule has 0 aromatic heterocycles. The summed E-state index contributed by atoms with van der Waals surface area (Å²) in [5.74, 6) is -0.127. The van der Waals surface area contributed by atoms with E-state index in [1.54, 1.807) is 11.9 Å². The lowest BCUT2D eigenvalue weighted by Crippen LogP contribution is -2.48. The van der Waals surface area contributed by atoms with Gasteiger partial charge in [0.2, 0.25) is 5.91 Å². The van der Waals surface area contributed by atoms with E-state index in [1.807, 2.05) is 0 Å². The number of ether oxygens (including phenoxy) is 1.